The standard InChI is InChI=1S/C47H75NO17/c1-27-17-15-13-11-9-7-5-6-8-10-12-14-16-18-34(64-46-44(58)41(48)43(57)30(4)63-46)24-38-40(45(59)60)37(54)26-47(61,65-38)25-36(53)35(52)20-19-31(49)21-32(50)22-33(51)23-39(55)62-29(3)28(2)42(27)56/h5-6,8,10-18,27-38,40-44,46,49-54,56-58,61H,7,9,19-26,48H2,1-4H3,(H,59,60)/b6-5+,10-8+,13-11+,14-12+,17-15+,18-16-/t27-,28+,29-,30-,31+,32+,33+,34+,35-,36+,37-,38-,40-,41+,42-,43-,44+,46+,47+/m1/s1. The van der Waals surface area contributed by atoms with Crippen molar-refractivity contribution in [3.8, 4) is 0 Å². The fraction of sp³-hybridized carbons (Fsp3) is 0.702. The third-order valence-electron chi connectivity index (χ3n) is 12.2. The first kappa shape index (κ1) is 56.1. The normalized spacial score (nSPS) is 45.2. The van der Waals surface area contributed by atoms with E-state index < -0.39 is 141 Å². The summed E-state index contributed by atoms with van der Waals surface area (Å²) in [4.78, 5) is 25.1. The van der Waals surface area contributed by atoms with E-state index in [1.54, 1.807) is 38.2 Å². The van der Waals surface area contributed by atoms with Gasteiger partial charge in [0.25, 0.3) is 0 Å². The average molecular weight is 926 g/mol. The van der Waals surface area contributed by atoms with Gasteiger partial charge < -0.3 is 80.9 Å². The Morgan fingerprint density at radius 2 is 1.28 bits per heavy atom. The number of aliphatic hydroxyl groups is 10. The topological polar surface area (TPSA) is 320 Å². The Morgan fingerprint density at radius 1 is 0.692 bits per heavy atom. The van der Waals surface area contributed by atoms with Crippen LogP contribution in [0.3, 0.4) is 0 Å². The first-order chi connectivity index (χ1) is 30.6. The summed E-state index contributed by atoms with van der Waals surface area (Å²) < 4.78 is 23.2. The Morgan fingerprint density at radius 3 is 1.94 bits per heavy atom. The van der Waals surface area contributed by atoms with E-state index >= 15 is 0 Å². The largest absolute Gasteiger partial charge is 0.481 e. The van der Waals surface area contributed by atoms with Crippen molar-refractivity contribution in [3.05, 3.63) is 72.9 Å². The fourth-order valence-electron chi connectivity index (χ4n) is 8.11. The number of carbonyl (C=O) groups is 2. The number of esters is 1. The minimum Gasteiger partial charge on any atom is -0.481 e. The molecule has 3 aliphatic heterocycles. The highest BCUT2D eigenvalue weighted by Gasteiger charge is 2.51. The van der Waals surface area contributed by atoms with Crippen molar-refractivity contribution in [3.63, 3.8) is 0 Å². The zero-order valence-electron chi connectivity index (χ0n) is 37.8. The lowest BCUT2D eigenvalue weighted by molar-refractivity contribution is -0.310. The predicted octanol–water partition coefficient (Wildman–Crippen LogP) is 0.936. The molecule has 0 radical (unpaired) electrons. The first-order valence-corrected chi connectivity index (χ1v) is 22.6. The van der Waals surface area contributed by atoms with Crippen LogP contribution in [0.25, 0.3) is 0 Å². The van der Waals surface area contributed by atoms with Crippen molar-refractivity contribution in [2.24, 2.45) is 23.5 Å². The Labute approximate surface area is 381 Å². The lowest BCUT2D eigenvalue weighted by Gasteiger charge is -2.45. The predicted molar refractivity (Wildman–Crippen MR) is 237 cm³/mol. The van der Waals surface area contributed by atoms with Crippen LogP contribution in [-0.2, 0) is 28.5 Å². The van der Waals surface area contributed by atoms with Gasteiger partial charge in [-0.05, 0) is 52.4 Å². The Hall–Kier alpha value is -3.18. The number of nitrogens with two attached hydrogens (primary N) is 1. The van der Waals surface area contributed by atoms with Crippen molar-refractivity contribution in [1.82, 2.24) is 0 Å². The maximum absolute atomic E-state index is 12.6. The van der Waals surface area contributed by atoms with E-state index in [9.17, 15) is 65.8 Å². The molecule has 13 N–H and O–H groups in total. The van der Waals surface area contributed by atoms with E-state index in [1.807, 2.05) is 49.5 Å². The molecule has 0 saturated carbocycles. The molecule has 0 spiro atoms. The van der Waals surface area contributed by atoms with Gasteiger partial charge in [0, 0.05) is 31.1 Å². The second-order valence-corrected chi connectivity index (χ2v) is 17.8. The highest BCUT2D eigenvalue weighted by Crippen LogP contribution is 2.38. The number of fused-ring (bicyclic) bond motifs is 2. The molecule has 65 heavy (non-hydrogen) atoms. The molecule has 18 heteroatoms. The second-order valence-electron chi connectivity index (χ2n) is 17.8. The van der Waals surface area contributed by atoms with Crippen LogP contribution in [0, 0.1) is 17.8 Å². The molecule has 0 unspecified atom stereocenters. The van der Waals surface area contributed by atoms with Gasteiger partial charge in [0.1, 0.15) is 18.1 Å². The SMILES string of the molecule is C[C@@H]1[C@H](O)[C@H](C)/C=C/C=C/CC/C=C/C=C/C=C/C=C\[C@H](O[C@@H]2O[C@H](C)[C@@H](O)[C@H](N)[C@@H]2O)C[C@H]2O[C@](O)(C[C@@H](O)[C@H]2C(=O)O)C[C@H](O)[C@H](O)CC[C@H](O)C[C@H](O)C[C@H](O)CC(=O)O[C@@H]1C. The van der Waals surface area contributed by atoms with Crippen LogP contribution in [0.2, 0.25) is 0 Å². The molecule has 3 rings (SSSR count). The van der Waals surface area contributed by atoms with Crippen molar-refractivity contribution in [2.75, 3.05) is 0 Å². The number of hydrogen-bond acceptors (Lipinski definition) is 17. The molecule has 370 valence electrons. The highest BCUT2D eigenvalue weighted by atomic mass is 16.7. The minimum atomic E-state index is -2.35. The number of carbonyl (C=O) groups excluding carboxylic acids is 1. The van der Waals surface area contributed by atoms with Crippen molar-refractivity contribution in [1.29, 1.82) is 0 Å². The number of ether oxygens (including phenoxy) is 4. The maximum Gasteiger partial charge on any atom is 0.311 e. The number of carboxylic acids is 1. The number of allylic oxidation sites excluding steroid dienone is 10. The molecule has 0 aromatic carbocycles. The van der Waals surface area contributed by atoms with E-state index in [0.717, 1.165) is 12.8 Å². The molecule has 18 nitrogen and oxygen atoms in total. The summed E-state index contributed by atoms with van der Waals surface area (Å²) in [6.45, 7) is 6.78. The molecule has 0 aromatic heterocycles. The lowest BCUT2D eigenvalue weighted by Crippen LogP contribution is -2.61. The van der Waals surface area contributed by atoms with Gasteiger partial charge in [-0.2, -0.15) is 0 Å². The van der Waals surface area contributed by atoms with Gasteiger partial charge in [-0.1, -0.05) is 86.8 Å². The molecular weight excluding hydrogens is 851 g/mol. The van der Waals surface area contributed by atoms with Crippen LogP contribution in [0.5, 0.6) is 0 Å². The van der Waals surface area contributed by atoms with Crippen LogP contribution in [-0.4, -0.2) is 166 Å². The highest BCUT2D eigenvalue weighted by molar-refractivity contribution is 5.71. The van der Waals surface area contributed by atoms with Gasteiger partial charge in [0.15, 0.2) is 12.1 Å². The number of aliphatic hydroxyl groups excluding tert-OH is 9. The third kappa shape index (κ3) is 18.8. The number of carboxylic acid groups (broad SMARTS) is 1. The maximum atomic E-state index is 12.6. The lowest BCUT2D eigenvalue weighted by atomic mass is 9.82. The summed E-state index contributed by atoms with van der Waals surface area (Å²) in [6, 6.07) is -1.14. The summed E-state index contributed by atoms with van der Waals surface area (Å²) in [5.41, 5.74) is 6.02. The van der Waals surface area contributed by atoms with Crippen molar-refractivity contribution in [2.45, 2.75) is 189 Å². The zero-order valence-corrected chi connectivity index (χ0v) is 37.8. The minimum absolute atomic E-state index is 0.138. The van der Waals surface area contributed by atoms with Crippen molar-refractivity contribution < 1.29 is 84.7 Å². The van der Waals surface area contributed by atoms with E-state index in [-0.39, 0.29) is 38.0 Å². The fourth-order valence-corrected chi connectivity index (χ4v) is 8.11. The van der Waals surface area contributed by atoms with Crippen LogP contribution < -0.4 is 5.73 Å². The van der Waals surface area contributed by atoms with E-state index in [1.165, 1.54) is 13.0 Å². The molecule has 3 heterocycles. The average Bonchev–Trinajstić information content (AvgIpc) is 3.21. The monoisotopic (exact) mass is 926 g/mol. The number of cyclic esters (lactones) is 1. The number of rotatable bonds is 3. The Kier molecular flexibility index (Phi) is 23.8. The zero-order chi connectivity index (χ0) is 48.4. The van der Waals surface area contributed by atoms with Gasteiger partial charge in [-0.3, -0.25) is 9.59 Å². The van der Waals surface area contributed by atoms with Crippen LogP contribution >= 0.6 is 0 Å². The number of hydrogen-bond donors (Lipinski definition) is 12. The quantitative estimate of drug-likeness (QED) is 0.175. The molecule has 0 aromatic rings. The molecule has 2 saturated heterocycles. The molecule has 3 aliphatic rings. The summed E-state index contributed by atoms with van der Waals surface area (Å²) in [7, 11) is 0. The summed E-state index contributed by atoms with van der Waals surface area (Å²) >= 11 is 0. The van der Waals surface area contributed by atoms with Gasteiger partial charge in [0.05, 0.1) is 79.6 Å². The van der Waals surface area contributed by atoms with Gasteiger partial charge in [-0.15, -0.1) is 0 Å². The van der Waals surface area contributed by atoms with Gasteiger partial charge in [-0.25, -0.2) is 0 Å². The van der Waals surface area contributed by atoms with Gasteiger partial charge >= 0.3 is 11.9 Å². The Bertz CT molecular complexity index is 1620. The molecule has 0 aliphatic carbocycles. The van der Waals surface area contributed by atoms with Gasteiger partial charge in [0.2, 0.25) is 0 Å². The molecule has 2 fully saturated rings. The molecule has 19 atom stereocenters. The van der Waals surface area contributed by atoms with E-state index in [4.69, 9.17) is 24.7 Å². The third-order valence-corrected chi connectivity index (χ3v) is 12.2. The smallest absolute Gasteiger partial charge is 0.311 e. The van der Waals surface area contributed by atoms with Crippen LogP contribution in [0.4, 0.5) is 0 Å². The van der Waals surface area contributed by atoms with E-state index in [2.05, 4.69) is 0 Å². The summed E-state index contributed by atoms with van der Waals surface area (Å²) in [5.74, 6) is -6.82. The molecule has 0 amide bonds. The molecular formula is C47H75NO17. The number of aliphatic carboxylic acids is 1. The van der Waals surface area contributed by atoms with Crippen LogP contribution in [0.1, 0.15) is 91.9 Å². The second kappa shape index (κ2) is 27.6. The van der Waals surface area contributed by atoms with Crippen LogP contribution in [0.15, 0.2) is 72.9 Å². The molecule has 2 bridgehead atoms. The van der Waals surface area contributed by atoms with E-state index in [0.29, 0.717) is 0 Å². The first-order valence-electron chi connectivity index (χ1n) is 22.6. The summed E-state index contributed by atoms with van der Waals surface area (Å²) in [6.07, 6.45) is 2.28. The van der Waals surface area contributed by atoms with Crippen molar-refractivity contribution >= 4 is 11.9 Å². The Balaban J connectivity index is 1.84. The summed E-state index contributed by atoms with van der Waals surface area (Å²) in [5, 5.41) is 118.